The van der Waals surface area contributed by atoms with E-state index in [1.165, 1.54) is 19.1 Å². The minimum atomic E-state index is -1.13. The Kier molecular flexibility index (Phi) is 4.91. The van der Waals surface area contributed by atoms with E-state index in [0.29, 0.717) is 5.02 Å². The maximum Gasteiger partial charge on any atom is 0.282 e. The van der Waals surface area contributed by atoms with Crippen LogP contribution in [0.1, 0.15) is 33.2 Å². The molecule has 3 rings (SSSR count). The van der Waals surface area contributed by atoms with Gasteiger partial charge in [0.15, 0.2) is 0 Å². The van der Waals surface area contributed by atoms with E-state index >= 15 is 0 Å². The molecule has 1 N–H and O–H groups in total. The zero-order valence-corrected chi connectivity index (χ0v) is 14.9. The van der Waals surface area contributed by atoms with Crippen LogP contribution in [0.3, 0.4) is 0 Å². The van der Waals surface area contributed by atoms with Crippen LogP contribution in [0.25, 0.3) is 0 Å². The highest BCUT2D eigenvalue weighted by Crippen LogP contribution is 2.31. The second-order valence-electron chi connectivity index (χ2n) is 5.96. The van der Waals surface area contributed by atoms with E-state index in [2.05, 4.69) is 5.32 Å². The third-order valence-electron chi connectivity index (χ3n) is 4.24. The summed E-state index contributed by atoms with van der Waals surface area (Å²) >= 11 is 5.89. The summed E-state index contributed by atoms with van der Waals surface area (Å²) in [4.78, 5) is 48.7. The van der Waals surface area contributed by atoms with Gasteiger partial charge in [0, 0.05) is 17.6 Å². The molecule has 9 heteroatoms. The minimum Gasteiger partial charge on any atom is -0.350 e. The first-order valence-corrected chi connectivity index (χ1v) is 8.36. The third kappa shape index (κ3) is 3.39. The Balaban J connectivity index is 1.79. The van der Waals surface area contributed by atoms with E-state index in [1.807, 2.05) is 0 Å². The molecule has 0 saturated heterocycles. The van der Waals surface area contributed by atoms with E-state index in [0.717, 1.165) is 16.5 Å². The van der Waals surface area contributed by atoms with Gasteiger partial charge in [0.25, 0.3) is 17.5 Å². The smallest absolute Gasteiger partial charge is 0.282 e. The molecular formula is C18H14ClN3O5. The first kappa shape index (κ1) is 18.5. The van der Waals surface area contributed by atoms with Gasteiger partial charge in [0.05, 0.1) is 10.5 Å². The molecule has 138 valence electrons. The molecule has 0 spiro atoms. The lowest BCUT2D eigenvalue weighted by atomic mass is 10.1. The highest BCUT2D eigenvalue weighted by Gasteiger charge is 2.44. The second-order valence-corrected chi connectivity index (χ2v) is 6.40. The maximum atomic E-state index is 12.6. The fourth-order valence-corrected chi connectivity index (χ4v) is 3.10. The average Bonchev–Trinajstić information content (AvgIpc) is 2.90. The van der Waals surface area contributed by atoms with Crippen LogP contribution in [0.15, 0.2) is 42.5 Å². The monoisotopic (exact) mass is 387 g/mol. The number of hydrogen-bond donors (Lipinski definition) is 1. The van der Waals surface area contributed by atoms with Crippen molar-refractivity contribution in [2.75, 3.05) is 0 Å². The van der Waals surface area contributed by atoms with Crippen molar-refractivity contribution in [2.45, 2.75) is 19.5 Å². The van der Waals surface area contributed by atoms with Crippen molar-refractivity contribution in [3.05, 3.63) is 74.3 Å². The first-order valence-electron chi connectivity index (χ1n) is 7.98. The summed E-state index contributed by atoms with van der Waals surface area (Å²) in [6.07, 6.45) is 0. The lowest BCUT2D eigenvalue weighted by Crippen LogP contribution is -2.47. The summed E-state index contributed by atoms with van der Waals surface area (Å²) in [5.41, 5.74) is -0.0772. The fraction of sp³-hybridized carbons (Fsp3) is 0.167. The van der Waals surface area contributed by atoms with E-state index < -0.39 is 34.4 Å². The Morgan fingerprint density at radius 1 is 1.22 bits per heavy atom. The summed E-state index contributed by atoms with van der Waals surface area (Å²) in [5.74, 6) is -2.15. The highest BCUT2D eigenvalue weighted by molar-refractivity contribution is 6.30. The quantitative estimate of drug-likeness (QED) is 0.481. The minimum absolute atomic E-state index is 0.0799. The molecule has 0 aliphatic carbocycles. The van der Waals surface area contributed by atoms with Crippen LogP contribution in [0.5, 0.6) is 0 Å². The van der Waals surface area contributed by atoms with Gasteiger partial charge in [-0.1, -0.05) is 29.8 Å². The molecule has 3 amide bonds. The van der Waals surface area contributed by atoms with Crippen molar-refractivity contribution in [1.29, 1.82) is 0 Å². The topological polar surface area (TPSA) is 110 Å². The lowest BCUT2D eigenvalue weighted by molar-refractivity contribution is -0.385. The lowest BCUT2D eigenvalue weighted by Gasteiger charge is -2.21. The number of rotatable bonds is 5. The number of nitrogens with zero attached hydrogens (tertiary/aromatic N) is 2. The van der Waals surface area contributed by atoms with E-state index in [4.69, 9.17) is 11.6 Å². The summed E-state index contributed by atoms with van der Waals surface area (Å²) in [6.45, 7) is 1.55. The first-order chi connectivity index (χ1) is 12.8. The van der Waals surface area contributed by atoms with Gasteiger partial charge in [-0.15, -0.1) is 0 Å². The van der Waals surface area contributed by atoms with E-state index in [-0.39, 0.29) is 17.7 Å². The SMILES string of the molecule is C[C@@H](C(=O)NCc1cccc(Cl)c1)N1C(=O)c2cccc([N+](=O)[O-])c2C1=O. The van der Waals surface area contributed by atoms with Gasteiger partial charge in [-0.3, -0.25) is 29.4 Å². The molecule has 1 atom stereocenters. The average molecular weight is 388 g/mol. The summed E-state index contributed by atoms with van der Waals surface area (Å²) in [7, 11) is 0. The van der Waals surface area contributed by atoms with Gasteiger partial charge in [-0.05, 0) is 30.7 Å². The van der Waals surface area contributed by atoms with Gasteiger partial charge < -0.3 is 5.32 Å². The normalized spacial score (nSPS) is 14.1. The number of nitro benzene ring substituents is 1. The molecule has 0 aromatic heterocycles. The molecule has 2 aromatic carbocycles. The Labute approximate surface area is 158 Å². The van der Waals surface area contributed by atoms with E-state index in [1.54, 1.807) is 24.3 Å². The predicted octanol–water partition coefficient (Wildman–Crippen LogP) is 2.55. The Hall–Kier alpha value is -3.26. The van der Waals surface area contributed by atoms with Crippen molar-refractivity contribution >= 4 is 35.0 Å². The molecule has 0 fully saturated rings. The number of hydrogen-bond acceptors (Lipinski definition) is 5. The molecule has 0 unspecified atom stereocenters. The van der Waals surface area contributed by atoms with Crippen LogP contribution in [0, 0.1) is 10.1 Å². The van der Waals surface area contributed by atoms with Crippen molar-refractivity contribution < 1.29 is 19.3 Å². The standard InChI is InChI=1S/C18H14ClN3O5/c1-10(16(23)20-9-11-4-2-5-12(19)8-11)21-17(24)13-6-3-7-14(22(26)27)15(13)18(21)25/h2-8,10H,9H2,1H3,(H,20,23)/t10-/m0/s1. The van der Waals surface area contributed by atoms with Crippen LogP contribution in [-0.4, -0.2) is 33.6 Å². The maximum absolute atomic E-state index is 12.6. The molecule has 27 heavy (non-hydrogen) atoms. The third-order valence-corrected chi connectivity index (χ3v) is 4.48. The van der Waals surface area contributed by atoms with Gasteiger partial charge >= 0.3 is 0 Å². The largest absolute Gasteiger partial charge is 0.350 e. The van der Waals surface area contributed by atoms with Gasteiger partial charge in [-0.2, -0.15) is 0 Å². The summed E-state index contributed by atoms with van der Waals surface area (Å²) < 4.78 is 0. The van der Waals surface area contributed by atoms with Crippen LogP contribution in [-0.2, 0) is 11.3 Å². The molecule has 1 heterocycles. The number of amides is 3. The number of carbonyl (C=O) groups is 3. The van der Waals surface area contributed by atoms with Crippen molar-refractivity contribution in [3.63, 3.8) is 0 Å². The molecular weight excluding hydrogens is 374 g/mol. The summed E-state index contributed by atoms with van der Waals surface area (Å²) in [5, 5.41) is 14.3. The van der Waals surface area contributed by atoms with Gasteiger partial charge in [-0.25, -0.2) is 0 Å². The molecule has 1 aliphatic rings. The molecule has 0 bridgehead atoms. The number of imide groups is 1. The molecule has 1 aliphatic heterocycles. The van der Waals surface area contributed by atoms with Crippen LogP contribution in [0.2, 0.25) is 5.02 Å². The molecule has 0 saturated carbocycles. The number of halogens is 1. The number of benzene rings is 2. The Morgan fingerprint density at radius 2 is 1.93 bits per heavy atom. The van der Waals surface area contributed by atoms with Crippen LogP contribution < -0.4 is 5.32 Å². The highest BCUT2D eigenvalue weighted by atomic mass is 35.5. The summed E-state index contributed by atoms with van der Waals surface area (Å²) in [6, 6.07) is 9.56. The van der Waals surface area contributed by atoms with Crippen LogP contribution >= 0.6 is 11.6 Å². The van der Waals surface area contributed by atoms with Gasteiger partial charge in [0.2, 0.25) is 5.91 Å². The van der Waals surface area contributed by atoms with Crippen molar-refractivity contribution in [3.8, 4) is 0 Å². The predicted molar refractivity (Wildman–Crippen MR) is 96.4 cm³/mol. The number of fused-ring (bicyclic) bond motifs is 1. The number of nitrogens with one attached hydrogen (secondary N) is 1. The molecule has 0 radical (unpaired) electrons. The number of carbonyl (C=O) groups excluding carboxylic acids is 3. The van der Waals surface area contributed by atoms with Gasteiger partial charge in [0.1, 0.15) is 11.6 Å². The zero-order chi connectivity index (χ0) is 19.7. The number of nitro groups is 1. The fourth-order valence-electron chi connectivity index (χ4n) is 2.89. The van der Waals surface area contributed by atoms with E-state index in [9.17, 15) is 24.5 Å². The second kappa shape index (κ2) is 7.16. The Morgan fingerprint density at radius 3 is 2.59 bits per heavy atom. The molecule has 8 nitrogen and oxygen atoms in total. The van der Waals surface area contributed by atoms with Crippen LogP contribution in [0.4, 0.5) is 5.69 Å². The van der Waals surface area contributed by atoms with Crippen molar-refractivity contribution in [2.24, 2.45) is 0 Å². The zero-order valence-electron chi connectivity index (χ0n) is 14.1. The Bertz CT molecular complexity index is 975. The molecule has 2 aromatic rings. The van der Waals surface area contributed by atoms with Crippen molar-refractivity contribution in [1.82, 2.24) is 10.2 Å².